The molecule has 152 valence electrons. The number of ether oxygens (including phenoxy) is 1. The van der Waals surface area contributed by atoms with Crippen LogP contribution in [0.2, 0.25) is 0 Å². The number of hydrogen-bond acceptors (Lipinski definition) is 8. The van der Waals surface area contributed by atoms with Gasteiger partial charge >= 0.3 is 11.9 Å². The highest BCUT2D eigenvalue weighted by Gasteiger charge is 2.25. The first-order valence-electron chi connectivity index (χ1n) is 8.50. The molecule has 10 heteroatoms. The molecule has 0 radical (unpaired) electrons. The average molecular weight is 394 g/mol. The van der Waals surface area contributed by atoms with Crippen LogP contribution in [0.15, 0.2) is 24.3 Å². The lowest BCUT2D eigenvalue weighted by atomic mass is 9.96. The van der Waals surface area contributed by atoms with Crippen LogP contribution in [0.1, 0.15) is 44.0 Å². The first-order chi connectivity index (χ1) is 13.0. The number of aliphatic hydroxyl groups excluding tert-OH is 1. The summed E-state index contributed by atoms with van der Waals surface area (Å²) in [5.74, 6) is -3.79. The molecule has 0 saturated heterocycles. The van der Waals surface area contributed by atoms with Gasteiger partial charge in [0.1, 0.15) is 12.2 Å². The minimum Gasteiger partial charge on any atom is -0.393 e. The lowest BCUT2D eigenvalue weighted by Crippen LogP contribution is -2.41. The van der Waals surface area contributed by atoms with E-state index < -0.39 is 53.0 Å². The van der Waals surface area contributed by atoms with Crippen LogP contribution in [0.4, 0.5) is 5.69 Å². The van der Waals surface area contributed by atoms with Gasteiger partial charge in [0, 0.05) is 24.1 Å². The number of nitrogens with one attached hydrogen (secondary N) is 1. The molecule has 1 amide bonds. The lowest BCUT2D eigenvalue weighted by Gasteiger charge is -2.20. The molecule has 0 heterocycles. The monoisotopic (exact) mass is 394 g/mol. The van der Waals surface area contributed by atoms with E-state index in [1.165, 1.54) is 13.8 Å². The van der Waals surface area contributed by atoms with Gasteiger partial charge in [0.05, 0.1) is 23.0 Å². The highest BCUT2D eigenvalue weighted by atomic mass is 16.6. The van der Waals surface area contributed by atoms with Crippen molar-refractivity contribution >= 4 is 29.3 Å². The van der Waals surface area contributed by atoms with Gasteiger partial charge in [-0.3, -0.25) is 24.5 Å². The van der Waals surface area contributed by atoms with Gasteiger partial charge < -0.3 is 15.2 Å². The van der Waals surface area contributed by atoms with Crippen LogP contribution >= 0.6 is 0 Å². The summed E-state index contributed by atoms with van der Waals surface area (Å²) >= 11 is 0. The van der Waals surface area contributed by atoms with Crippen molar-refractivity contribution in [2.45, 2.75) is 45.8 Å². The number of benzene rings is 1. The molecular weight excluding hydrogens is 372 g/mol. The number of rotatable bonds is 9. The van der Waals surface area contributed by atoms with E-state index >= 15 is 0 Å². The maximum Gasteiger partial charge on any atom is 0.345 e. The van der Waals surface area contributed by atoms with Gasteiger partial charge in [-0.05, 0) is 26.0 Å². The fourth-order valence-electron chi connectivity index (χ4n) is 2.21. The third kappa shape index (κ3) is 7.23. The number of carbonyl (C=O) groups is 4. The molecule has 0 bridgehead atoms. The first kappa shape index (κ1) is 22.9. The number of amides is 1. The van der Waals surface area contributed by atoms with Crippen molar-refractivity contribution in [3.05, 3.63) is 39.9 Å². The zero-order chi connectivity index (χ0) is 21.4. The zero-order valence-electron chi connectivity index (χ0n) is 15.7. The molecule has 28 heavy (non-hydrogen) atoms. The third-order valence-corrected chi connectivity index (χ3v) is 3.97. The summed E-state index contributed by atoms with van der Waals surface area (Å²) in [6.45, 7) is 4.55. The van der Waals surface area contributed by atoms with Gasteiger partial charge in [0.15, 0.2) is 0 Å². The van der Waals surface area contributed by atoms with Gasteiger partial charge in [-0.1, -0.05) is 6.92 Å². The number of Topliss-reactive ketones (excluding diaryl/α,β-unsaturated/α-hetero) is 1. The second-order valence-electron chi connectivity index (χ2n) is 6.41. The van der Waals surface area contributed by atoms with E-state index in [2.05, 4.69) is 10.1 Å². The third-order valence-electron chi connectivity index (χ3n) is 3.97. The molecule has 0 spiro atoms. The normalized spacial score (nSPS) is 13.7. The Morgan fingerprint density at radius 2 is 1.71 bits per heavy atom. The van der Waals surface area contributed by atoms with Crippen LogP contribution in [0.3, 0.4) is 0 Å². The number of ketones is 1. The van der Waals surface area contributed by atoms with Crippen molar-refractivity contribution in [1.82, 2.24) is 5.32 Å². The fraction of sp³-hybridized carbons (Fsp3) is 0.444. The number of nitro groups is 1. The van der Waals surface area contributed by atoms with Crippen LogP contribution in [0.25, 0.3) is 0 Å². The predicted octanol–water partition coefficient (Wildman–Crippen LogP) is 1.15. The van der Waals surface area contributed by atoms with E-state index in [1.807, 2.05) is 0 Å². The smallest absolute Gasteiger partial charge is 0.345 e. The molecular formula is C18H22N2O8. The topological polar surface area (TPSA) is 153 Å². The Labute approximate surface area is 161 Å². The fourth-order valence-corrected chi connectivity index (χ4v) is 2.21. The van der Waals surface area contributed by atoms with Crippen molar-refractivity contribution < 1.29 is 33.9 Å². The van der Waals surface area contributed by atoms with Crippen molar-refractivity contribution in [1.29, 1.82) is 0 Å². The number of nitro benzene ring substituents is 1. The second-order valence-corrected chi connectivity index (χ2v) is 6.41. The standard InChI is InChI=1S/C18H22N2O8/c1-10(21)8-16(23)19-12(3)11(2)15(22)9-17(24)28-18(25)13-4-6-14(7-5-13)20(26)27/h4-7,10-12,21H,8-9H2,1-3H3,(H,19,23)/t10-,11-,12?/m1/s1. The molecule has 0 fully saturated rings. The Kier molecular flexibility index (Phi) is 8.39. The Morgan fingerprint density at radius 3 is 2.21 bits per heavy atom. The SMILES string of the molecule is CC(NC(=O)C[C@@H](C)O)[C@@H](C)C(=O)CC(=O)OC(=O)c1ccc([N+](=O)[O-])cc1. The van der Waals surface area contributed by atoms with Crippen molar-refractivity contribution in [3.63, 3.8) is 0 Å². The summed E-state index contributed by atoms with van der Waals surface area (Å²) in [5.41, 5.74) is -0.295. The summed E-state index contributed by atoms with van der Waals surface area (Å²) in [5, 5.41) is 22.3. The van der Waals surface area contributed by atoms with Gasteiger partial charge in [0.2, 0.25) is 5.91 Å². The van der Waals surface area contributed by atoms with E-state index in [-0.39, 0.29) is 17.7 Å². The second kappa shape index (κ2) is 10.3. The van der Waals surface area contributed by atoms with Crippen LogP contribution in [-0.4, -0.2) is 45.8 Å². The number of carbonyl (C=O) groups excluding carboxylic acids is 4. The first-order valence-corrected chi connectivity index (χ1v) is 8.50. The van der Waals surface area contributed by atoms with E-state index in [0.717, 1.165) is 24.3 Å². The van der Waals surface area contributed by atoms with Crippen LogP contribution in [0.5, 0.6) is 0 Å². The molecule has 3 atom stereocenters. The molecule has 1 unspecified atom stereocenters. The van der Waals surface area contributed by atoms with Gasteiger partial charge in [-0.2, -0.15) is 0 Å². The lowest BCUT2D eigenvalue weighted by molar-refractivity contribution is -0.384. The largest absolute Gasteiger partial charge is 0.393 e. The number of aliphatic hydroxyl groups is 1. The zero-order valence-corrected chi connectivity index (χ0v) is 15.7. The van der Waals surface area contributed by atoms with Crippen LogP contribution in [-0.2, 0) is 19.1 Å². The minimum atomic E-state index is -1.07. The molecule has 10 nitrogen and oxygen atoms in total. The summed E-state index contributed by atoms with van der Waals surface area (Å²) in [4.78, 5) is 57.4. The van der Waals surface area contributed by atoms with Crippen LogP contribution < -0.4 is 5.32 Å². The van der Waals surface area contributed by atoms with E-state index in [9.17, 15) is 29.3 Å². The number of hydrogen-bond donors (Lipinski definition) is 2. The average Bonchev–Trinajstić information content (AvgIpc) is 2.59. The van der Waals surface area contributed by atoms with Crippen molar-refractivity contribution in [2.75, 3.05) is 0 Å². The quantitative estimate of drug-likeness (QED) is 0.274. The summed E-state index contributed by atoms with van der Waals surface area (Å²) in [6, 6.07) is 3.87. The summed E-state index contributed by atoms with van der Waals surface area (Å²) in [6.07, 6.45) is -1.60. The van der Waals surface area contributed by atoms with E-state index in [4.69, 9.17) is 5.11 Å². The van der Waals surface area contributed by atoms with Gasteiger partial charge in [0.25, 0.3) is 5.69 Å². The Hall–Kier alpha value is -3.14. The highest BCUT2D eigenvalue weighted by Crippen LogP contribution is 2.13. The Balaban J connectivity index is 2.56. The maximum atomic E-state index is 12.1. The Bertz CT molecular complexity index is 757. The molecule has 0 aliphatic carbocycles. The molecule has 0 saturated carbocycles. The number of nitrogens with zero attached hydrogens (tertiary/aromatic N) is 1. The molecule has 2 N–H and O–H groups in total. The van der Waals surface area contributed by atoms with Crippen LogP contribution in [0, 0.1) is 16.0 Å². The minimum absolute atomic E-state index is 0.0711. The molecule has 0 aliphatic heterocycles. The molecule has 1 aromatic carbocycles. The number of non-ortho nitro benzene ring substituents is 1. The molecule has 1 aromatic rings. The summed E-state index contributed by atoms with van der Waals surface area (Å²) < 4.78 is 4.58. The molecule has 1 rings (SSSR count). The summed E-state index contributed by atoms with van der Waals surface area (Å²) in [7, 11) is 0. The number of esters is 2. The predicted molar refractivity (Wildman–Crippen MR) is 96.2 cm³/mol. The van der Waals surface area contributed by atoms with Gasteiger partial charge in [-0.15, -0.1) is 0 Å². The molecule has 0 aromatic heterocycles. The Morgan fingerprint density at radius 1 is 1.14 bits per heavy atom. The van der Waals surface area contributed by atoms with Crippen molar-refractivity contribution in [2.24, 2.45) is 5.92 Å². The highest BCUT2D eigenvalue weighted by molar-refractivity contribution is 6.03. The van der Waals surface area contributed by atoms with Crippen molar-refractivity contribution in [3.8, 4) is 0 Å². The molecule has 0 aliphatic rings. The van der Waals surface area contributed by atoms with Gasteiger partial charge in [-0.25, -0.2) is 4.79 Å². The maximum absolute atomic E-state index is 12.1. The van der Waals surface area contributed by atoms with E-state index in [0.29, 0.717) is 0 Å². The van der Waals surface area contributed by atoms with E-state index in [1.54, 1.807) is 6.92 Å².